The quantitative estimate of drug-likeness (QED) is 0.715. The second-order valence-corrected chi connectivity index (χ2v) is 6.68. The van der Waals surface area contributed by atoms with Crippen molar-refractivity contribution < 1.29 is 9.21 Å². The number of carbonyl (C=O) groups is 1. The van der Waals surface area contributed by atoms with Crippen LogP contribution in [-0.4, -0.2) is 16.6 Å². The predicted molar refractivity (Wildman–Crippen MR) is 87.4 cm³/mol. The van der Waals surface area contributed by atoms with Crippen LogP contribution in [0.3, 0.4) is 0 Å². The Balaban J connectivity index is 1.71. The molecule has 110 valence electrons. The molecule has 0 bridgehead atoms. The van der Waals surface area contributed by atoms with E-state index < -0.39 is 0 Å². The van der Waals surface area contributed by atoms with Gasteiger partial charge in [-0.3, -0.25) is 4.79 Å². The number of hydrazone groups is 1. The summed E-state index contributed by atoms with van der Waals surface area (Å²) in [5.41, 5.74) is 2.03. The summed E-state index contributed by atoms with van der Waals surface area (Å²) >= 11 is 3.27. The van der Waals surface area contributed by atoms with Crippen LogP contribution in [0.2, 0.25) is 0 Å². The van der Waals surface area contributed by atoms with E-state index in [1.807, 2.05) is 29.0 Å². The van der Waals surface area contributed by atoms with Gasteiger partial charge in [0.15, 0.2) is 5.76 Å². The summed E-state index contributed by atoms with van der Waals surface area (Å²) < 4.78 is 5.24. The highest BCUT2D eigenvalue weighted by molar-refractivity contribution is 7.10. The molecule has 1 atom stereocenters. The molecule has 0 saturated heterocycles. The lowest BCUT2D eigenvalue weighted by molar-refractivity contribution is 0.0681. The summed E-state index contributed by atoms with van der Waals surface area (Å²) in [6.45, 7) is 0. The van der Waals surface area contributed by atoms with E-state index in [4.69, 9.17) is 4.42 Å². The fourth-order valence-corrected chi connectivity index (χ4v) is 3.99. The van der Waals surface area contributed by atoms with E-state index in [9.17, 15) is 4.79 Å². The lowest BCUT2D eigenvalue weighted by Crippen LogP contribution is -2.26. The molecule has 1 unspecified atom stereocenters. The number of rotatable bonds is 3. The predicted octanol–water partition coefficient (Wildman–Crippen LogP) is 4.39. The van der Waals surface area contributed by atoms with E-state index in [0.29, 0.717) is 5.76 Å². The molecule has 0 spiro atoms. The summed E-state index contributed by atoms with van der Waals surface area (Å²) in [6.07, 6.45) is 2.23. The van der Waals surface area contributed by atoms with E-state index in [2.05, 4.69) is 10.5 Å². The third-order valence-electron chi connectivity index (χ3n) is 3.58. The van der Waals surface area contributed by atoms with Gasteiger partial charge in [-0.25, -0.2) is 5.01 Å². The first-order valence-electron chi connectivity index (χ1n) is 6.83. The fourth-order valence-electron chi connectivity index (χ4n) is 2.52. The number of nitrogens with zero attached hydrogens (tertiary/aromatic N) is 2. The molecular formula is C16H12N2O2S2. The molecule has 0 aromatic carbocycles. The molecule has 3 aromatic heterocycles. The van der Waals surface area contributed by atoms with Crippen LogP contribution in [0.25, 0.3) is 0 Å². The SMILES string of the molecule is O=C(c1ccco1)N1N=C(c2ccsc2)CC1c1cccs1. The standard InChI is InChI=1S/C16H12N2O2S2/c19-16(14-3-1-6-20-14)18-13(15-4-2-7-22-15)9-12(17-18)11-5-8-21-10-11/h1-8,10,13H,9H2. The van der Waals surface area contributed by atoms with Crippen LogP contribution in [0.1, 0.15) is 33.5 Å². The second kappa shape index (κ2) is 5.55. The second-order valence-electron chi connectivity index (χ2n) is 4.92. The number of furan rings is 1. The lowest BCUT2D eigenvalue weighted by Gasteiger charge is -2.19. The Hall–Kier alpha value is -2.18. The van der Waals surface area contributed by atoms with E-state index in [1.165, 1.54) is 6.26 Å². The molecule has 0 radical (unpaired) electrons. The zero-order valence-electron chi connectivity index (χ0n) is 11.5. The largest absolute Gasteiger partial charge is 0.459 e. The normalized spacial score (nSPS) is 17.7. The van der Waals surface area contributed by atoms with Gasteiger partial charge in [0, 0.05) is 16.9 Å². The minimum absolute atomic E-state index is 0.0625. The molecular weight excluding hydrogens is 316 g/mol. The summed E-state index contributed by atoms with van der Waals surface area (Å²) in [7, 11) is 0. The van der Waals surface area contributed by atoms with Gasteiger partial charge in [0.1, 0.15) is 0 Å². The van der Waals surface area contributed by atoms with Crippen LogP contribution in [-0.2, 0) is 0 Å². The van der Waals surface area contributed by atoms with Gasteiger partial charge < -0.3 is 4.42 Å². The highest BCUT2D eigenvalue weighted by atomic mass is 32.1. The van der Waals surface area contributed by atoms with Crippen LogP contribution in [0.5, 0.6) is 0 Å². The Morgan fingerprint density at radius 1 is 1.27 bits per heavy atom. The minimum atomic E-state index is -0.200. The number of carbonyl (C=O) groups excluding carboxylic acids is 1. The van der Waals surface area contributed by atoms with Crippen molar-refractivity contribution >= 4 is 34.3 Å². The first-order chi connectivity index (χ1) is 10.8. The Bertz CT molecular complexity index is 789. The summed E-state index contributed by atoms with van der Waals surface area (Å²) in [5, 5.41) is 12.2. The molecule has 0 saturated carbocycles. The maximum atomic E-state index is 12.7. The van der Waals surface area contributed by atoms with E-state index in [-0.39, 0.29) is 11.9 Å². The maximum absolute atomic E-state index is 12.7. The van der Waals surface area contributed by atoms with Crippen molar-refractivity contribution in [2.45, 2.75) is 12.5 Å². The van der Waals surface area contributed by atoms with Gasteiger partial charge in [0.05, 0.1) is 18.0 Å². The summed E-state index contributed by atoms with van der Waals surface area (Å²) in [4.78, 5) is 13.8. The molecule has 3 aromatic rings. The molecule has 4 heterocycles. The van der Waals surface area contributed by atoms with Crippen LogP contribution >= 0.6 is 22.7 Å². The van der Waals surface area contributed by atoms with E-state index in [0.717, 1.165) is 22.6 Å². The Kier molecular flexibility index (Phi) is 3.40. The first kappa shape index (κ1) is 13.5. The van der Waals surface area contributed by atoms with Crippen molar-refractivity contribution in [3.63, 3.8) is 0 Å². The maximum Gasteiger partial charge on any atom is 0.310 e. The molecule has 0 N–H and O–H groups in total. The molecule has 6 heteroatoms. The van der Waals surface area contributed by atoms with Gasteiger partial charge in [-0.15, -0.1) is 11.3 Å². The third kappa shape index (κ3) is 2.30. The monoisotopic (exact) mass is 328 g/mol. The first-order valence-corrected chi connectivity index (χ1v) is 8.65. The number of hydrogen-bond donors (Lipinski definition) is 0. The highest BCUT2D eigenvalue weighted by Crippen LogP contribution is 2.36. The summed E-state index contributed by atoms with van der Waals surface area (Å²) in [6, 6.07) is 9.41. The molecule has 1 aliphatic rings. The van der Waals surface area contributed by atoms with Gasteiger partial charge >= 0.3 is 5.91 Å². The van der Waals surface area contributed by atoms with Gasteiger partial charge in [-0.1, -0.05) is 6.07 Å². The molecule has 0 fully saturated rings. The number of hydrogen-bond acceptors (Lipinski definition) is 5. The highest BCUT2D eigenvalue weighted by Gasteiger charge is 2.35. The smallest absolute Gasteiger partial charge is 0.310 e. The molecule has 1 amide bonds. The number of amides is 1. The van der Waals surface area contributed by atoms with Gasteiger partial charge in [-0.05, 0) is 40.4 Å². The van der Waals surface area contributed by atoms with Crippen molar-refractivity contribution in [2.24, 2.45) is 5.10 Å². The van der Waals surface area contributed by atoms with Crippen LogP contribution < -0.4 is 0 Å². The Morgan fingerprint density at radius 2 is 2.23 bits per heavy atom. The lowest BCUT2D eigenvalue weighted by atomic mass is 10.1. The number of thiophene rings is 2. The molecule has 4 rings (SSSR count). The van der Waals surface area contributed by atoms with Crippen LogP contribution in [0, 0.1) is 0 Å². The van der Waals surface area contributed by atoms with E-state index in [1.54, 1.807) is 39.8 Å². The molecule has 4 nitrogen and oxygen atoms in total. The van der Waals surface area contributed by atoms with Crippen molar-refractivity contribution in [2.75, 3.05) is 0 Å². The zero-order valence-corrected chi connectivity index (χ0v) is 13.1. The van der Waals surface area contributed by atoms with Crippen molar-refractivity contribution in [3.8, 4) is 0 Å². The average Bonchev–Trinajstić information content (AvgIpc) is 3.35. The van der Waals surface area contributed by atoms with Gasteiger partial charge in [0.2, 0.25) is 0 Å². The van der Waals surface area contributed by atoms with E-state index >= 15 is 0 Å². The van der Waals surface area contributed by atoms with Crippen LogP contribution in [0.15, 0.2) is 62.3 Å². The Morgan fingerprint density at radius 3 is 2.91 bits per heavy atom. The zero-order chi connectivity index (χ0) is 14.9. The topological polar surface area (TPSA) is 45.8 Å². The molecule has 22 heavy (non-hydrogen) atoms. The Labute approximate surface area is 135 Å². The van der Waals surface area contributed by atoms with Crippen LogP contribution in [0.4, 0.5) is 0 Å². The van der Waals surface area contributed by atoms with Crippen molar-refractivity contribution in [3.05, 3.63) is 68.9 Å². The minimum Gasteiger partial charge on any atom is -0.459 e. The molecule has 1 aliphatic heterocycles. The third-order valence-corrected chi connectivity index (χ3v) is 5.23. The summed E-state index contributed by atoms with van der Waals surface area (Å²) in [5.74, 6) is 0.116. The van der Waals surface area contributed by atoms with Crippen molar-refractivity contribution in [1.82, 2.24) is 5.01 Å². The van der Waals surface area contributed by atoms with Gasteiger partial charge in [-0.2, -0.15) is 16.4 Å². The molecule has 0 aliphatic carbocycles. The fraction of sp³-hybridized carbons (Fsp3) is 0.125. The van der Waals surface area contributed by atoms with Crippen molar-refractivity contribution in [1.29, 1.82) is 0 Å². The average molecular weight is 328 g/mol. The van der Waals surface area contributed by atoms with Gasteiger partial charge in [0.25, 0.3) is 0 Å².